The van der Waals surface area contributed by atoms with Crippen LogP contribution in [0.1, 0.15) is 20.8 Å². The number of rotatable bonds is 0. The van der Waals surface area contributed by atoms with Gasteiger partial charge in [0.15, 0.2) is 0 Å². The summed E-state index contributed by atoms with van der Waals surface area (Å²) in [6, 6.07) is 0. The summed E-state index contributed by atoms with van der Waals surface area (Å²) >= 11 is 6.99. The number of hydrogen-bond donors (Lipinski definition) is 0. The molecular weight excluding hydrogens is 314 g/mol. The van der Waals surface area contributed by atoms with E-state index in [1.54, 1.807) is 4.90 Å². The second-order valence-electron chi connectivity index (χ2n) is 4.42. The molecule has 0 aliphatic carbocycles. The number of nitrogens with zero attached hydrogens (tertiary/aromatic N) is 1. The molecule has 0 aromatic heterocycles. The normalized spacial score (nSPS) is 27.9. The minimum Gasteiger partial charge on any atom is -0.444 e. The van der Waals surface area contributed by atoms with Gasteiger partial charge in [-0.15, -0.1) is 0 Å². The van der Waals surface area contributed by atoms with Crippen LogP contribution in [0.5, 0.6) is 0 Å². The monoisotopic (exact) mass is 327 g/mol. The highest BCUT2D eigenvalue weighted by Crippen LogP contribution is 2.25. The highest BCUT2D eigenvalue weighted by Gasteiger charge is 2.34. The maximum Gasteiger partial charge on any atom is 0.410 e. The van der Waals surface area contributed by atoms with Crippen molar-refractivity contribution in [1.29, 1.82) is 0 Å². The molecule has 3 nitrogen and oxygen atoms in total. The summed E-state index contributed by atoms with van der Waals surface area (Å²) in [5.74, 6) is 0. The summed E-state index contributed by atoms with van der Waals surface area (Å²) in [6.45, 7) is 7.02. The third kappa shape index (κ3) is 3.42. The lowest BCUT2D eigenvalue weighted by Gasteiger charge is -2.24. The number of ether oxygens (including phenoxy) is 1. The second kappa shape index (κ2) is 4.39. The summed E-state index contributed by atoms with van der Waals surface area (Å²) in [4.78, 5) is 14.0. The quantitative estimate of drug-likeness (QED) is 0.640. The summed E-state index contributed by atoms with van der Waals surface area (Å²) in [6.07, 6.45) is -0.232. The third-order valence-electron chi connectivity index (χ3n) is 1.83. The van der Waals surface area contributed by atoms with E-state index in [4.69, 9.17) is 4.74 Å². The van der Waals surface area contributed by atoms with Gasteiger partial charge in [0.25, 0.3) is 0 Å². The number of hydrogen-bond acceptors (Lipinski definition) is 2. The molecule has 0 radical (unpaired) electrons. The van der Waals surface area contributed by atoms with Crippen molar-refractivity contribution in [3.05, 3.63) is 0 Å². The predicted molar refractivity (Wildman–Crippen MR) is 63.2 cm³/mol. The number of halogens is 2. The van der Waals surface area contributed by atoms with Gasteiger partial charge in [-0.25, -0.2) is 4.79 Å². The predicted octanol–water partition coefficient (Wildman–Crippen LogP) is 2.76. The summed E-state index contributed by atoms with van der Waals surface area (Å²) in [5.41, 5.74) is -0.413. The lowest BCUT2D eigenvalue weighted by atomic mass is 10.2. The van der Waals surface area contributed by atoms with Crippen LogP contribution < -0.4 is 0 Å². The van der Waals surface area contributed by atoms with E-state index in [0.717, 1.165) is 0 Å². The zero-order valence-electron chi connectivity index (χ0n) is 8.59. The van der Waals surface area contributed by atoms with Crippen LogP contribution in [-0.4, -0.2) is 39.3 Å². The lowest BCUT2D eigenvalue weighted by molar-refractivity contribution is 0.0297. The molecule has 0 bridgehead atoms. The minimum absolute atomic E-state index is 0.232. The van der Waals surface area contributed by atoms with Crippen LogP contribution in [0.15, 0.2) is 0 Å². The Bertz CT molecular complexity index is 217. The van der Waals surface area contributed by atoms with Gasteiger partial charge in [-0.05, 0) is 20.8 Å². The molecule has 0 aromatic carbocycles. The van der Waals surface area contributed by atoms with Gasteiger partial charge in [0.05, 0.1) is 0 Å². The number of alkyl halides is 2. The number of likely N-dealkylation sites (tertiary alicyclic amines) is 1. The van der Waals surface area contributed by atoms with Gasteiger partial charge >= 0.3 is 6.09 Å². The van der Waals surface area contributed by atoms with Crippen LogP contribution in [0, 0.1) is 0 Å². The van der Waals surface area contributed by atoms with Gasteiger partial charge in [0.2, 0.25) is 0 Å². The molecule has 14 heavy (non-hydrogen) atoms. The molecule has 0 unspecified atom stereocenters. The first-order valence-electron chi connectivity index (χ1n) is 4.55. The van der Waals surface area contributed by atoms with Crippen LogP contribution in [0.2, 0.25) is 0 Å². The van der Waals surface area contributed by atoms with Gasteiger partial charge in [0, 0.05) is 22.7 Å². The van der Waals surface area contributed by atoms with E-state index >= 15 is 0 Å². The number of carbonyl (C=O) groups is 1. The summed E-state index contributed by atoms with van der Waals surface area (Å²) < 4.78 is 5.26. The topological polar surface area (TPSA) is 29.5 Å². The lowest BCUT2D eigenvalue weighted by Crippen LogP contribution is -2.35. The van der Waals surface area contributed by atoms with Crippen LogP contribution in [-0.2, 0) is 4.74 Å². The molecule has 1 aliphatic rings. The fraction of sp³-hybridized carbons (Fsp3) is 0.889. The standard InChI is InChI=1S/C9H15Br2NO2/c1-9(2,3)14-8(13)12-4-6(10)7(11)5-12/h6-7H,4-5H2,1-3H3/t6-,7-/m1/s1. The van der Waals surface area contributed by atoms with Gasteiger partial charge < -0.3 is 9.64 Å². The van der Waals surface area contributed by atoms with Gasteiger partial charge in [-0.1, -0.05) is 31.9 Å². The van der Waals surface area contributed by atoms with E-state index < -0.39 is 5.60 Å². The molecule has 0 aromatic rings. The zero-order valence-corrected chi connectivity index (χ0v) is 11.8. The first kappa shape index (κ1) is 12.3. The zero-order chi connectivity index (χ0) is 10.9. The smallest absolute Gasteiger partial charge is 0.410 e. The molecule has 1 heterocycles. The summed E-state index contributed by atoms with van der Waals surface area (Å²) in [5, 5.41) is 0. The average molecular weight is 329 g/mol. The van der Waals surface area contributed by atoms with E-state index in [-0.39, 0.29) is 6.09 Å². The molecule has 5 heteroatoms. The molecule has 82 valence electrons. The Morgan fingerprint density at radius 3 is 2.07 bits per heavy atom. The van der Waals surface area contributed by atoms with Gasteiger partial charge in [-0.2, -0.15) is 0 Å². The van der Waals surface area contributed by atoms with Crippen molar-refractivity contribution in [3.63, 3.8) is 0 Å². The number of amides is 1. The Kier molecular flexibility index (Phi) is 3.86. The second-order valence-corrected chi connectivity index (χ2v) is 6.77. The molecule has 1 saturated heterocycles. The van der Waals surface area contributed by atoms with Gasteiger partial charge in [0.1, 0.15) is 5.60 Å². The van der Waals surface area contributed by atoms with E-state index in [0.29, 0.717) is 22.7 Å². The Balaban J connectivity index is 2.48. The number of carbonyl (C=O) groups excluding carboxylic acids is 1. The Hall–Kier alpha value is 0.230. The highest BCUT2D eigenvalue weighted by molar-refractivity contribution is 9.12. The first-order chi connectivity index (χ1) is 6.29. The minimum atomic E-state index is -0.413. The van der Waals surface area contributed by atoms with Crippen LogP contribution in [0.25, 0.3) is 0 Å². The van der Waals surface area contributed by atoms with E-state index in [1.807, 2.05) is 20.8 Å². The highest BCUT2D eigenvalue weighted by atomic mass is 79.9. The summed E-state index contributed by atoms with van der Waals surface area (Å²) in [7, 11) is 0. The molecule has 2 atom stereocenters. The molecule has 0 saturated carbocycles. The molecule has 0 N–H and O–H groups in total. The van der Waals surface area contributed by atoms with Crippen LogP contribution >= 0.6 is 31.9 Å². The fourth-order valence-corrected chi connectivity index (χ4v) is 2.23. The Morgan fingerprint density at radius 1 is 1.29 bits per heavy atom. The Morgan fingerprint density at radius 2 is 1.71 bits per heavy atom. The average Bonchev–Trinajstić information content (AvgIpc) is 2.28. The molecular formula is C9H15Br2NO2. The van der Waals surface area contributed by atoms with Crippen molar-refractivity contribution >= 4 is 38.0 Å². The maximum atomic E-state index is 11.6. The van der Waals surface area contributed by atoms with Crippen molar-refractivity contribution in [1.82, 2.24) is 4.90 Å². The van der Waals surface area contributed by atoms with E-state index in [1.165, 1.54) is 0 Å². The third-order valence-corrected chi connectivity index (χ3v) is 4.40. The van der Waals surface area contributed by atoms with E-state index in [2.05, 4.69) is 31.9 Å². The van der Waals surface area contributed by atoms with Crippen LogP contribution in [0.4, 0.5) is 4.79 Å². The van der Waals surface area contributed by atoms with Crippen molar-refractivity contribution in [3.8, 4) is 0 Å². The van der Waals surface area contributed by atoms with Crippen molar-refractivity contribution in [2.24, 2.45) is 0 Å². The van der Waals surface area contributed by atoms with Crippen molar-refractivity contribution < 1.29 is 9.53 Å². The van der Waals surface area contributed by atoms with Crippen molar-refractivity contribution in [2.75, 3.05) is 13.1 Å². The van der Waals surface area contributed by atoms with Gasteiger partial charge in [-0.3, -0.25) is 0 Å². The molecule has 1 rings (SSSR count). The fourth-order valence-electron chi connectivity index (χ4n) is 1.20. The Labute approximate surface area is 101 Å². The molecule has 1 fully saturated rings. The molecule has 1 amide bonds. The molecule has 0 spiro atoms. The van der Waals surface area contributed by atoms with Crippen molar-refractivity contribution in [2.45, 2.75) is 36.0 Å². The maximum absolute atomic E-state index is 11.6. The van der Waals surface area contributed by atoms with Crippen LogP contribution in [0.3, 0.4) is 0 Å². The van der Waals surface area contributed by atoms with E-state index in [9.17, 15) is 4.79 Å². The first-order valence-corrected chi connectivity index (χ1v) is 6.39. The SMILES string of the molecule is CC(C)(C)OC(=O)N1C[C@@H](Br)[C@H](Br)C1. The molecule has 1 aliphatic heterocycles. The largest absolute Gasteiger partial charge is 0.444 e.